The van der Waals surface area contributed by atoms with Gasteiger partial charge in [-0.2, -0.15) is 0 Å². The highest BCUT2D eigenvalue weighted by Gasteiger charge is 2.26. The lowest BCUT2D eigenvalue weighted by atomic mass is 9.87. The van der Waals surface area contributed by atoms with Crippen LogP contribution in [0.25, 0.3) is 0 Å². The van der Waals surface area contributed by atoms with Gasteiger partial charge in [0.05, 0.1) is 0 Å². The van der Waals surface area contributed by atoms with Gasteiger partial charge in [-0.05, 0) is 44.6 Å². The second-order valence-electron chi connectivity index (χ2n) is 7.91. The van der Waals surface area contributed by atoms with Crippen molar-refractivity contribution in [3.63, 3.8) is 0 Å². The molecule has 0 radical (unpaired) electrons. The van der Waals surface area contributed by atoms with Crippen molar-refractivity contribution in [2.24, 2.45) is 11.8 Å². The molecule has 140 valence electrons. The summed E-state index contributed by atoms with van der Waals surface area (Å²) < 4.78 is 0. The third-order valence-corrected chi connectivity index (χ3v) is 5.69. The molecule has 0 bridgehead atoms. The van der Waals surface area contributed by atoms with Gasteiger partial charge in [0.1, 0.15) is 0 Å². The number of amides is 2. The van der Waals surface area contributed by atoms with Crippen LogP contribution < -0.4 is 10.6 Å². The Morgan fingerprint density at radius 3 is 2.29 bits per heavy atom. The molecular formula is C18H36N4O2. The van der Waals surface area contributed by atoms with E-state index in [-0.39, 0.29) is 18.7 Å². The fourth-order valence-corrected chi connectivity index (χ4v) is 3.86. The van der Waals surface area contributed by atoms with E-state index in [4.69, 9.17) is 0 Å². The van der Waals surface area contributed by atoms with Gasteiger partial charge in [0.25, 0.3) is 0 Å². The molecule has 1 atom stereocenters. The number of nitrogens with one attached hydrogen (secondary N) is 2. The SMILES string of the molecule is CC(C)C(CNC(=O)NC1CCC(CO)CC1)N1CCN(C)CC1. The van der Waals surface area contributed by atoms with E-state index in [2.05, 4.69) is 41.3 Å². The number of likely N-dealkylation sites (N-methyl/N-ethyl adjacent to an activating group) is 1. The molecule has 2 fully saturated rings. The molecule has 1 heterocycles. The standard InChI is InChI=1S/C18H36N4O2/c1-14(2)17(22-10-8-21(3)9-11-22)12-19-18(24)20-16-6-4-15(13-23)5-7-16/h14-17,23H,4-13H2,1-3H3,(H2,19,20,24). The number of nitrogens with zero attached hydrogens (tertiary/aromatic N) is 2. The zero-order valence-corrected chi connectivity index (χ0v) is 15.6. The molecule has 1 unspecified atom stereocenters. The van der Waals surface area contributed by atoms with Crippen LogP contribution in [0, 0.1) is 11.8 Å². The Morgan fingerprint density at radius 1 is 1.12 bits per heavy atom. The molecule has 1 aliphatic heterocycles. The number of piperazine rings is 1. The quantitative estimate of drug-likeness (QED) is 0.678. The molecule has 1 saturated carbocycles. The average Bonchev–Trinajstić information content (AvgIpc) is 2.57. The molecule has 2 amide bonds. The van der Waals surface area contributed by atoms with Crippen molar-refractivity contribution in [3.8, 4) is 0 Å². The lowest BCUT2D eigenvalue weighted by Gasteiger charge is -2.40. The lowest BCUT2D eigenvalue weighted by Crippen LogP contribution is -2.55. The molecular weight excluding hydrogens is 304 g/mol. The molecule has 6 nitrogen and oxygen atoms in total. The third kappa shape index (κ3) is 5.90. The number of hydrogen-bond donors (Lipinski definition) is 3. The number of aliphatic hydroxyl groups excluding tert-OH is 1. The zero-order chi connectivity index (χ0) is 17.5. The fraction of sp³-hybridized carbons (Fsp3) is 0.944. The molecule has 2 aliphatic rings. The Balaban J connectivity index is 1.72. The summed E-state index contributed by atoms with van der Waals surface area (Å²) in [7, 11) is 2.17. The Labute approximate surface area is 147 Å². The summed E-state index contributed by atoms with van der Waals surface area (Å²) in [5.74, 6) is 0.947. The van der Waals surface area contributed by atoms with E-state index in [0.29, 0.717) is 24.4 Å². The van der Waals surface area contributed by atoms with Gasteiger partial charge >= 0.3 is 6.03 Å². The Kier molecular flexibility index (Phi) is 7.78. The maximum atomic E-state index is 12.2. The molecule has 0 aromatic rings. The smallest absolute Gasteiger partial charge is 0.315 e. The van der Waals surface area contributed by atoms with Crippen molar-refractivity contribution in [1.29, 1.82) is 0 Å². The number of aliphatic hydroxyl groups is 1. The first-order valence-electron chi connectivity index (χ1n) is 9.57. The molecule has 6 heteroatoms. The molecule has 2 rings (SSSR count). The van der Waals surface area contributed by atoms with Gasteiger partial charge in [0.2, 0.25) is 0 Å². The number of urea groups is 1. The second kappa shape index (κ2) is 9.59. The Hall–Kier alpha value is -0.850. The van der Waals surface area contributed by atoms with Crippen molar-refractivity contribution in [3.05, 3.63) is 0 Å². The summed E-state index contributed by atoms with van der Waals surface area (Å²) in [6.45, 7) is 9.81. The first-order valence-corrected chi connectivity index (χ1v) is 9.57. The van der Waals surface area contributed by atoms with Crippen molar-refractivity contribution in [2.75, 3.05) is 46.4 Å². The van der Waals surface area contributed by atoms with Crippen molar-refractivity contribution in [1.82, 2.24) is 20.4 Å². The predicted octanol–water partition coefficient (Wildman–Crippen LogP) is 1.11. The topological polar surface area (TPSA) is 67.8 Å². The molecule has 1 saturated heterocycles. The maximum Gasteiger partial charge on any atom is 0.315 e. The molecule has 3 N–H and O–H groups in total. The number of hydrogen-bond acceptors (Lipinski definition) is 4. The van der Waals surface area contributed by atoms with Crippen LogP contribution in [0.5, 0.6) is 0 Å². The fourth-order valence-electron chi connectivity index (χ4n) is 3.86. The first-order chi connectivity index (χ1) is 11.5. The number of carbonyl (C=O) groups excluding carboxylic acids is 1. The summed E-state index contributed by atoms with van der Waals surface area (Å²) in [5.41, 5.74) is 0. The van der Waals surface area contributed by atoms with E-state index in [1.54, 1.807) is 0 Å². The normalized spacial score (nSPS) is 27.9. The van der Waals surface area contributed by atoms with Gasteiger partial charge in [-0.15, -0.1) is 0 Å². The molecule has 0 aromatic carbocycles. The van der Waals surface area contributed by atoms with Crippen molar-refractivity contribution < 1.29 is 9.90 Å². The minimum absolute atomic E-state index is 0.0396. The summed E-state index contributed by atoms with van der Waals surface area (Å²) in [6, 6.07) is 0.616. The van der Waals surface area contributed by atoms with Crippen LogP contribution in [0.2, 0.25) is 0 Å². The van der Waals surface area contributed by atoms with E-state index >= 15 is 0 Å². The van der Waals surface area contributed by atoms with E-state index in [1.807, 2.05) is 0 Å². The molecule has 1 aliphatic carbocycles. The predicted molar refractivity (Wildman–Crippen MR) is 97.1 cm³/mol. The number of rotatable bonds is 6. The Morgan fingerprint density at radius 2 is 1.75 bits per heavy atom. The van der Waals surface area contributed by atoms with Crippen LogP contribution in [0.1, 0.15) is 39.5 Å². The third-order valence-electron chi connectivity index (χ3n) is 5.69. The average molecular weight is 341 g/mol. The van der Waals surface area contributed by atoms with Gasteiger partial charge in [-0.1, -0.05) is 13.8 Å². The van der Waals surface area contributed by atoms with Gasteiger partial charge in [-0.3, -0.25) is 4.90 Å². The van der Waals surface area contributed by atoms with Crippen molar-refractivity contribution >= 4 is 6.03 Å². The van der Waals surface area contributed by atoms with Crippen LogP contribution in [-0.2, 0) is 0 Å². The van der Waals surface area contributed by atoms with Crippen LogP contribution in [0.3, 0.4) is 0 Å². The molecule has 0 aromatic heterocycles. The highest BCUT2D eigenvalue weighted by Crippen LogP contribution is 2.23. The Bertz CT molecular complexity index is 375. The highest BCUT2D eigenvalue weighted by molar-refractivity contribution is 5.74. The summed E-state index contributed by atoms with van der Waals surface area (Å²) >= 11 is 0. The number of carbonyl (C=O) groups is 1. The van der Waals surface area contributed by atoms with Gasteiger partial charge < -0.3 is 20.6 Å². The van der Waals surface area contributed by atoms with E-state index in [0.717, 1.165) is 51.9 Å². The van der Waals surface area contributed by atoms with Crippen molar-refractivity contribution in [2.45, 2.75) is 51.6 Å². The molecule has 0 spiro atoms. The summed E-state index contributed by atoms with van der Waals surface area (Å²) in [4.78, 5) is 17.1. The van der Waals surface area contributed by atoms with E-state index in [1.165, 1.54) is 0 Å². The van der Waals surface area contributed by atoms with Gasteiger partial charge in [0.15, 0.2) is 0 Å². The van der Waals surface area contributed by atoms with Crippen LogP contribution >= 0.6 is 0 Å². The summed E-state index contributed by atoms with van der Waals surface area (Å²) in [6.07, 6.45) is 3.98. The van der Waals surface area contributed by atoms with Crippen LogP contribution in [0.4, 0.5) is 4.79 Å². The minimum atomic E-state index is -0.0396. The lowest BCUT2D eigenvalue weighted by molar-refractivity contribution is 0.0885. The second-order valence-corrected chi connectivity index (χ2v) is 7.91. The first kappa shape index (κ1) is 19.5. The monoisotopic (exact) mass is 340 g/mol. The van der Waals surface area contributed by atoms with Gasteiger partial charge in [0, 0.05) is 51.4 Å². The maximum absolute atomic E-state index is 12.2. The van der Waals surface area contributed by atoms with Crippen LogP contribution in [-0.4, -0.2) is 79.4 Å². The van der Waals surface area contributed by atoms with Gasteiger partial charge in [-0.25, -0.2) is 4.79 Å². The van der Waals surface area contributed by atoms with E-state index in [9.17, 15) is 9.90 Å². The van der Waals surface area contributed by atoms with Crippen LogP contribution in [0.15, 0.2) is 0 Å². The highest BCUT2D eigenvalue weighted by atomic mass is 16.3. The minimum Gasteiger partial charge on any atom is -0.396 e. The van der Waals surface area contributed by atoms with E-state index < -0.39 is 0 Å². The largest absolute Gasteiger partial charge is 0.396 e. The molecule has 24 heavy (non-hydrogen) atoms. The zero-order valence-electron chi connectivity index (χ0n) is 15.6. The summed E-state index contributed by atoms with van der Waals surface area (Å²) in [5, 5.41) is 15.4.